The molecule has 326 valence electrons. The van der Waals surface area contributed by atoms with E-state index in [1.54, 1.807) is 12.1 Å². The van der Waals surface area contributed by atoms with E-state index in [0.29, 0.717) is 59.2 Å². The zero-order valence-corrected chi connectivity index (χ0v) is 35.8. The largest absolute Gasteiger partial charge is 0.506 e. The number of benzene rings is 4. The predicted molar refractivity (Wildman–Crippen MR) is 241 cm³/mol. The lowest BCUT2D eigenvalue weighted by Crippen LogP contribution is -2.52. The summed E-state index contributed by atoms with van der Waals surface area (Å²) in [5.41, 5.74) is 4.38. The summed E-state index contributed by atoms with van der Waals surface area (Å²) < 4.78 is 12.4. The van der Waals surface area contributed by atoms with Gasteiger partial charge in [-0.2, -0.15) is 0 Å². The third-order valence-corrected chi connectivity index (χ3v) is 13.5. The first-order valence-electron chi connectivity index (χ1n) is 22.9. The molecule has 0 spiro atoms. The molecule has 3 aliphatic heterocycles. The summed E-state index contributed by atoms with van der Waals surface area (Å²) in [7, 11) is 0. The van der Waals surface area contributed by atoms with Crippen LogP contribution < -0.4 is 10.3 Å². The van der Waals surface area contributed by atoms with Crippen LogP contribution in [0.1, 0.15) is 122 Å². The molecule has 4 aromatic carbocycles. The van der Waals surface area contributed by atoms with Crippen LogP contribution >= 0.6 is 0 Å². The molecule has 0 unspecified atom stereocenters. The lowest BCUT2D eigenvalue weighted by molar-refractivity contribution is -0.159. The van der Waals surface area contributed by atoms with E-state index in [9.17, 15) is 24.6 Å². The quantitative estimate of drug-likeness (QED) is 0.0588. The van der Waals surface area contributed by atoms with Crippen LogP contribution in [0.15, 0.2) is 108 Å². The number of aromatic hydroxyl groups is 1. The number of phenols is 1. The molecule has 2 bridgehead atoms. The van der Waals surface area contributed by atoms with Crippen molar-refractivity contribution in [3.63, 3.8) is 0 Å². The number of esters is 1. The van der Waals surface area contributed by atoms with Gasteiger partial charge in [-0.05, 0) is 122 Å². The number of ether oxygens (including phenoxy) is 2. The lowest BCUT2D eigenvalue weighted by Gasteiger charge is -2.44. The molecule has 3 saturated heterocycles. The molecule has 1 aliphatic carbocycles. The Morgan fingerprint density at radius 3 is 2.35 bits per heavy atom. The van der Waals surface area contributed by atoms with E-state index < -0.39 is 6.10 Å². The van der Waals surface area contributed by atoms with Crippen LogP contribution in [0.2, 0.25) is 0 Å². The van der Waals surface area contributed by atoms with Gasteiger partial charge in [0.25, 0.3) is 5.91 Å². The Balaban J connectivity index is 0.862. The van der Waals surface area contributed by atoms with Crippen LogP contribution in [-0.4, -0.2) is 75.7 Å². The smallest absolute Gasteiger partial charge is 0.307 e. The zero-order valence-electron chi connectivity index (χ0n) is 35.8. The van der Waals surface area contributed by atoms with Crippen molar-refractivity contribution in [1.29, 1.82) is 0 Å². The van der Waals surface area contributed by atoms with E-state index >= 15 is 0 Å². The number of carbonyl (C=O) groups excluding carboxylic acids is 2. The van der Waals surface area contributed by atoms with Crippen LogP contribution in [-0.2, 0) is 16.1 Å². The second-order valence-electron chi connectivity index (χ2n) is 17.8. The number of fused-ring (bicyclic) bond motifs is 4. The Kier molecular flexibility index (Phi) is 14.4. The number of aliphatic hydroxyl groups excluding tert-OH is 1. The number of aromatic amines is 1. The van der Waals surface area contributed by atoms with Crippen molar-refractivity contribution in [1.82, 2.24) is 14.8 Å². The number of aromatic nitrogens is 1. The highest BCUT2D eigenvalue weighted by molar-refractivity contribution is 5.94. The molecule has 1 saturated carbocycles. The average Bonchev–Trinajstić information content (AvgIpc) is 3.31. The van der Waals surface area contributed by atoms with Crippen molar-refractivity contribution in [2.75, 3.05) is 32.7 Å². The number of piperidine rings is 3. The fourth-order valence-electron chi connectivity index (χ4n) is 9.93. The minimum Gasteiger partial charge on any atom is -0.506 e. The van der Waals surface area contributed by atoms with Gasteiger partial charge in [-0.15, -0.1) is 0 Å². The number of nitrogens with one attached hydrogen (secondary N) is 1. The highest BCUT2D eigenvalue weighted by Gasteiger charge is 2.37. The Bertz CT molecular complexity index is 2320. The molecule has 3 atom stereocenters. The Morgan fingerprint density at radius 2 is 1.60 bits per heavy atom. The molecule has 4 fully saturated rings. The first kappa shape index (κ1) is 43.2. The van der Waals surface area contributed by atoms with Gasteiger partial charge in [-0.3, -0.25) is 19.3 Å². The van der Waals surface area contributed by atoms with Gasteiger partial charge >= 0.3 is 5.97 Å². The van der Waals surface area contributed by atoms with Crippen molar-refractivity contribution in [3.05, 3.63) is 141 Å². The van der Waals surface area contributed by atoms with Crippen molar-refractivity contribution in [2.24, 2.45) is 11.8 Å². The minimum absolute atomic E-state index is 0.0219. The topological polar surface area (TPSA) is 132 Å². The molecule has 5 aromatic rings. The van der Waals surface area contributed by atoms with Gasteiger partial charge in [-0.1, -0.05) is 92.8 Å². The summed E-state index contributed by atoms with van der Waals surface area (Å²) >= 11 is 0. The average molecular weight is 840 g/mol. The standard InChI is InChI=1S/C52H61N3O7/c56-46(43-22-24-47(57)51-44(43)23-25-49(58)53-51)17-8-3-9-28-55(33-36-11-4-1-5-12-36)52(60)40-20-18-37(19-21-40)35-61-42-16-10-15-41(31-42)45(38-13-6-2-7-14-38)32-50(59)62-48-34-54-29-26-39(48)27-30-54/h2,6-7,10,13-16,18-25,31,36,39,45-46,48,56-57H,1,3-5,8-9,11-12,17,26-30,32-35H2,(H,53,58)/t45-,46-,48-/m0/s1. The Morgan fingerprint density at radius 1 is 0.823 bits per heavy atom. The fourth-order valence-corrected chi connectivity index (χ4v) is 9.93. The van der Waals surface area contributed by atoms with Crippen LogP contribution in [0.4, 0.5) is 0 Å². The maximum Gasteiger partial charge on any atom is 0.307 e. The monoisotopic (exact) mass is 839 g/mol. The summed E-state index contributed by atoms with van der Waals surface area (Å²) in [5.74, 6) is 1.38. The van der Waals surface area contributed by atoms with E-state index in [1.165, 1.54) is 31.4 Å². The molecule has 10 heteroatoms. The number of nitrogens with zero attached hydrogens (tertiary/aromatic N) is 2. The summed E-state index contributed by atoms with van der Waals surface area (Å²) in [6.07, 6.45) is 10.7. The van der Waals surface area contributed by atoms with Crippen molar-refractivity contribution in [2.45, 2.75) is 102 Å². The molecule has 1 amide bonds. The first-order chi connectivity index (χ1) is 30.3. The van der Waals surface area contributed by atoms with E-state index in [2.05, 4.69) is 28.1 Å². The SMILES string of the molecule is O=C(C[C@@H](c1ccccc1)c1cccc(OCc2ccc(C(=O)N(CCCCC[C@H](O)c3ccc(O)c4[nH]c(=O)ccc34)CC3CCCCC3)cc2)c1)O[C@H]1CN2CCC1CC2. The molecular weight excluding hydrogens is 779 g/mol. The summed E-state index contributed by atoms with van der Waals surface area (Å²) in [6, 6.07) is 32.2. The van der Waals surface area contributed by atoms with E-state index in [1.807, 2.05) is 65.6 Å². The normalized spacial score (nSPS) is 19.8. The van der Waals surface area contributed by atoms with Gasteiger partial charge in [0.2, 0.25) is 5.56 Å². The van der Waals surface area contributed by atoms with Crippen LogP contribution in [0.25, 0.3) is 10.9 Å². The summed E-state index contributed by atoms with van der Waals surface area (Å²) in [5, 5.41) is 21.9. The molecule has 1 aromatic heterocycles. The van der Waals surface area contributed by atoms with E-state index in [0.717, 1.165) is 87.8 Å². The highest BCUT2D eigenvalue weighted by Crippen LogP contribution is 2.35. The van der Waals surface area contributed by atoms with Gasteiger partial charge < -0.3 is 29.6 Å². The number of unbranched alkanes of at least 4 members (excludes halogenated alkanes) is 2. The van der Waals surface area contributed by atoms with Crippen LogP contribution in [0.3, 0.4) is 0 Å². The second kappa shape index (κ2) is 20.6. The molecule has 3 N–H and O–H groups in total. The van der Waals surface area contributed by atoms with Crippen LogP contribution in [0.5, 0.6) is 11.5 Å². The number of hydrogen-bond acceptors (Lipinski definition) is 8. The zero-order chi connectivity index (χ0) is 42.8. The van der Waals surface area contributed by atoms with Gasteiger partial charge in [0.05, 0.1) is 18.0 Å². The minimum atomic E-state index is -0.739. The maximum atomic E-state index is 14.1. The Hall–Kier alpha value is -5.45. The second-order valence-corrected chi connectivity index (χ2v) is 17.8. The van der Waals surface area contributed by atoms with Gasteiger partial charge in [0.15, 0.2) is 0 Å². The Labute approximate surface area is 364 Å². The number of aliphatic hydroxyl groups is 1. The molecular formula is C52H61N3O7. The van der Waals surface area contributed by atoms with Crippen molar-refractivity contribution >= 4 is 22.8 Å². The van der Waals surface area contributed by atoms with Crippen LogP contribution in [0, 0.1) is 11.8 Å². The summed E-state index contributed by atoms with van der Waals surface area (Å²) in [4.78, 5) is 46.4. The number of pyridine rings is 1. The number of amides is 1. The number of carbonyl (C=O) groups is 2. The van der Waals surface area contributed by atoms with Crippen molar-refractivity contribution < 1.29 is 29.3 Å². The van der Waals surface area contributed by atoms with Gasteiger partial charge in [0, 0.05) is 42.6 Å². The number of phenolic OH excluding ortho intramolecular Hbond substituents is 1. The van der Waals surface area contributed by atoms with E-state index in [-0.39, 0.29) is 41.6 Å². The third kappa shape index (κ3) is 10.9. The van der Waals surface area contributed by atoms with E-state index in [4.69, 9.17) is 9.47 Å². The number of hydrogen-bond donors (Lipinski definition) is 3. The molecule has 9 rings (SSSR count). The van der Waals surface area contributed by atoms with Gasteiger partial charge in [-0.25, -0.2) is 0 Å². The highest BCUT2D eigenvalue weighted by atomic mass is 16.5. The molecule has 0 radical (unpaired) electrons. The van der Waals surface area contributed by atoms with Gasteiger partial charge in [0.1, 0.15) is 24.2 Å². The van der Waals surface area contributed by atoms with Crippen molar-refractivity contribution in [3.8, 4) is 11.5 Å². The number of rotatable bonds is 18. The number of H-pyrrole nitrogens is 1. The molecule has 10 nitrogen and oxygen atoms in total. The maximum absolute atomic E-state index is 14.1. The lowest BCUT2D eigenvalue weighted by atomic mass is 9.85. The molecule has 62 heavy (non-hydrogen) atoms. The third-order valence-electron chi connectivity index (χ3n) is 13.5. The first-order valence-corrected chi connectivity index (χ1v) is 22.9. The summed E-state index contributed by atoms with van der Waals surface area (Å²) in [6.45, 7) is 4.78. The fraction of sp³-hybridized carbons (Fsp3) is 0.442. The molecule has 4 aliphatic rings. The predicted octanol–water partition coefficient (Wildman–Crippen LogP) is 9.29. The molecule has 4 heterocycles.